The summed E-state index contributed by atoms with van der Waals surface area (Å²) in [5, 5.41) is 0. The standard InChI is InChI=1S/C15H28N4O3/c1-14(21)18(7-4-6-16(2)3)8-5-15(22)19-11-9-17(13-20)10-12-19/h13H,4-12H2,1-3H3. The Morgan fingerprint density at radius 1 is 1.05 bits per heavy atom. The summed E-state index contributed by atoms with van der Waals surface area (Å²) in [7, 11) is 4.00. The van der Waals surface area contributed by atoms with Gasteiger partial charge in [-0.05, 0) is 27.1 Å². The van der Waals surface area contributed by atoms with Gasteiger partial charge in [-0.1, -0.05) is 0 Å². The number of amides is 3. The van der Waals surface area contributed by atoms with Crippen molar-refractivity contribution in [2.24, 2.45) is 0 Å². The topological polar surface area (TPSA) is 64.2 Å². The molecule has 0 saturated carbocycles. The molecule has 0 aromatic heterocycles. The van der Waals surface area contributed by atoms with Crippen LogP contribution in [0, 0.1) is 0 Å². The number of piperazine rings is 1. The van der Waals surface area contributed by atoms with Gasteiger partial charge in [0, 0.05) is 52.6 Å². The third kappa shape index (κ3) is 6.43. The van der Waals surface area contributed by atoms with E-state index in [0.29, 0.717) is 45.7 Å². The molecule has 0 aromatic rings. The fraction of sp³-hybridized carbons (Fsp3) is 0.800. The quantitative estimate of drug-likeness (QED) is 0.566. The molecule has 0 bridgehead atoms. The average Bonchev–Trinajstić information content (AvgIpc) is 2.49. The van der Waals surface area contributed by atoms with Gasteiger partial charge in [0.2, 0.25) is 18.2 Å². The summed E-state index contributed by atoms with van der Waals surface area (Å²) in [4.78, 5) is 41.7. The van der Waals surface area contributed by atoms with Crippen LogP contribution in [0.4, 0.5) is 0 Å². The summed E-state index contributed by atoms with van der Waals surface area (Å²) in [6.45, 7) is 5.96. The zero-order chi connectivity index (χ0) is 16.5. The van der Waals surface area contributed by atoms with Gasteiger partial charge in [0.05, 0.1) is 0 Å². The molecule has 0 unspecified atom stereocenters. The summed E-state index contributed by atoms with van der Waals surface area (Å²) in [5.41, 5.74) is 0. The minimum atomic E-state index is 0.0114. The predicted molar refractivity (Wildman–Crippen MR) is 84.3 cm³/mol. The first-order valence-electron chi connectivity index (χ1n) is 7.81. The predicted octanol–water partition coefficient (Wildman–Crippen LogP) is -0.523. The van der Waals surface area contributed by atoms with E-state index in [1.165, 1.54) is 0 Å². The fourth-order valence-electron chi connectivity index (χ4n) is 2.47. The molecule has 22 heavy (non-hydrogen) atoms. The van der Waals surface area contributed by atoms with Crippen LogP contribution in [-0.4, -0.2) is 97.7 Å². The summed E-state index contributed by atoms with van der Waals surface area (Å²) in [5.74, 6) is 0.0711. The van der Waals surface area contributed by atoms with Crippen molar-refractivity contribution in [2.75, 3.05) is 59.9 Å². The van der Waals surface area contributed by atoms with Crippen LogP contribution in [0.2, 0.25) is 0 Å². The molecule has 1 aliphatic rings. The molecule has 0 spiro atoms. The average molecular weight is 312 g/mol. The molecule has 7 heteroatoms. The second-order valence-corrected chi connectivity index (χ2v) is 5.94. The molecule has 7 nitrogen and oxygen atoms in total. The fourth-order valence-corrected chi connectivity index (χ4v) is 2.47. The van der Waals surface area contributed by atoms with Crippen molar-refractivity contribution < 1.29 is 14.4 Å². The lowest BCUT2D eigenvalue weighted by atomic mass is 10.2. The monoisotopic (exact) mass is 312 g/mol. The van der Waals surface area contributed by atoms with Gasteiger partial charge >= 0.3 is 0 Å². The number of hydrogen-bond donors (Lipinski definition) is 0. The Kier molecular flexibility index (Phi) is 7.87. The van der Waals surface area contributed by atoms with Gasteiger partial charge in [-0.3, -0.25) is 14.4 Å². The van der Waals surface area contributed by atoms with E-state index in [4.69, 9.17) is 0 Å². The first kappa shape index (κ1) is 18.4. The largest absolute Gasteiger partial charge is 0.342 e. The third-order valence-electron chi connectivity index (χ3n) is 3.89. The van der Waals surface area contributed by atoms with Gasteiger partial charge in [0.15, 0.2) is 0 Å². The Bertz CT molecular complexity index is 379. The van der Waals surface area contributed by atoms with E-state index in [-0.39, 0.29) is 11.8 Å². The maximum absolute atomic E-state index is 12.2. The van der Waals surface area contributed by atoms with E-state index in [9.17, 15) is 14.4 Å². The van der Waals surface area contributed by atoms with Crippen molar-refractivity contribution in [1.82, 2.24) is 19.6 Å². The normalized spacial score (nSPS) is 15.1. The maximum Gasteiger partial charge on any atom is 0.224 e. The van der Waals surface area contributed by atoms with Gasteiger partial charge in [-0.25, -0.2) is 0 Å². The zero-order valence-electron chi connectivity index (χ0n) is 14.0. The lowest BCUT2D eigenvalue weighted by Gasteiger charge is -2.33. The van der Waals surface area contributed by atoms with Gasteiger partial charge in [0.25, 0.3) is 0 Å². The summed E-state index contributed by atoms with van der Waals surface area (Å²) < 4.78 is 0. The molecule has 0 aliphatic carbocycles. The van der Waals surface area contributed by atoms with Crippen molar-refractivity contribution >= 4 is 18.2 Å². The zero-order valence-corrected chi connectivity index (χ0v) is 14.0. The number of hydrogen-bond acceptors (Lipinski definition) is 4. The molecule has 1 aliphatic heterocycles. The van der Waals surface area contributed by atoms with Crippen molar-refractivity contribution in [1.29, 1.82) is 0 Å². The van der Waals surface area contributed by atoms with Crippen LogP contribution in [-0.2, 0) is 14.4 Å². The molecule has 1 saturated heterocycles. The summed E-state index contributed by atoms with van der Waals surface area (Å²) in [6.07, 6.45) is 2.07. The van der Waals surface area contributed by atoms with E-state index in [1.54, 1.807) is 21.6 Å². The molecule has 1 heterocycles. The molecule has 0 N–H and O–H groups in total. The van der Waals surface area contributed by atoms with Gasteiger partial charge in [0.1, 0.15) is 0 Å². The van der Waals surface area contributed by atoms with Crippen molar-refractivity contribution in [3.05, 3.63) is 0 Å². The highest BCUT2D eigenvalue weighted by Crippen LogP contribution is 2.04. The third-order valence-corrected chi connectivity index (χ3v) is 3.89. The highest BCUT2D eigenvalue weighted by Gasteiger charge is 2.20. The van der Waals surface area contributed by atoms with Crippen LogP contribution in [0.15, 0.2) is 0 Å². The Morgan fingerprint density at radius 3 is 2.18 bits per heavy atom. The smallest absolute Gasteiger partial charge is 0.224 e. The number of carbonyl (C=O) groups excluding carboxylic acids is 3. The Balaban J connectivity index is 2.33. The molecule has 126 valence electrons. The number of carbonyl (C=O) groups is 3. The highest BCUT2D eigenvalue weighted by molar-refractivity contribution is 5.78. The minimum Gasteiger partial charge on any atom is -0.342 e. The molecule has 1 fully saturated rings. The molecule has 0 radical (unpaired) electrons. The van der Waals surface area contributed by atoms with E-state index in [2.05, 4.69) is 4.90 Å². The van der Waals surface area contributed by atoms with Crippen molar-refractivity contribution in [3.63, 3.8) is 0 Å². The van der Waals surface area contributed by atoms with Gasteiger partial charge in [-0.2, -0.15) is 0 Å². The van der Waals surface area contributed by atoms with Crippen molar-refractivity contribution in [3.8, 4) is 0 Å². The van der Waals surface area contributed by atoms with E-state index in [1.807, 2.05) is 14.1 Å². The van der Waals surface area contributed by atoms with Crippen molar-refractivity contribution in [2.45, 2.75) is 19.8 Å². The second-order valence-electron chi connectivity index (χ2n) is 5.94. The Hall–Kier alpha value is -1.63. The van der Waals surface area contributed by atoms with E-state index in [0.717, 1.165) is 19.4 Å². The first-order chi connectivity index (χ1) is 10.4. The maximum atomic E-state index is 12.2. The van der Waals surface area contributed by atoms with Gasteiger partial charge < -0.3 is 19.6 Å². The number of nitrogens with zero attached hydrogens (tertiary/aromatic N) is 4. The van der Waals surface area contributed by atoms with Crippen LogP contribution in [0.1, 0.15) is 19.8 Å². The first-order valence-corrected chi connectivity index (χ1v) is 7.81. The Morgan fingerprint density at radius 2 is 1.68 bits per heavy atom. The minimum absolute atomic E-state index is 0.0114. The van der Waals surface area contributed by atoms with Crippen LogP contribution in [0.5, 0.6) is 0 Å². The SMILES string of the molecule is CC(=O)N(CCCN(C)C)CCC(=O)N1CCN(C=O)CC1. The molecular weight excluding hydrogens is 284 g/mol. The van der Waals surface area contributed by atoms with Crippen LogP contribution >= 0.6 is 0 Å². The van der Waals surface area contributed by atoms with Gasteiger partial charge in [-0.15, -0.1) is 0 Å². The molecule has 1 rings (SSSR count). The molecule has 0 aromatic carbocycles. The molecule has 0 atom stereocenters. The highest BCUT2D eigenvalue weighted by atomic mass is 16.2. The molecule has 3 amide bonds. The lowest BCUT2D eigenvalue weighted by Crippen LogP contribution is -2.48. The van der Waals surface area contributed by atoms with E-state index >= 15 is 0 Å². The Labute approximate surface area is 132 Å². The number of rotatable bonds is 8. The second kappa shape index (κ2) is 9.40. The lowest BCUT2D eigenvalue weighted by molar-refractivity contribution is -0.136. The summed E-state index contributed by atoms with van der Waals surface area (Å²) in [6, 6.07) is 0. The van der Waals surface area contributed by atoms with Crippen LogP contribution in [0.3, 0.4) is 0 Å². The van der Waals surface area contributed by atoms with Crippen LogP contribution < -0.4 is 0 Å². The summed E-state index contributed by atoms with van der Waals surface area (Å²) >= 11 is 0. The van der Waals surface area contributed by atoms with E-state index < -0.39 is 0 Å². The van der Waals surface area contributed by atoms with Crippen LogP contribution in [0.25, 0.3) is 0 Å². The molecular formula is C15H28N4O3.